The molecule has 0 spiro atoms. The topological polar surface area (TPSA) is 117 Å². The molecule has 2 aromatic carbocycles. The molecule has 5 rings (SSSR count). The van der Waals surface area contributed by atoms with Crippen LogP contribution in [0.3, 0.4) is 0 Å². The number of pyridine rings is 1. The Morgan fingerprint density at radius 2 is 1.93 bits per heavy atom. The van der Waals surface area contributed by atoms with E-state index in [1.807, 2.05) is 0 Å². The van der Waals surface area contributed by atoms with Crippen LogP contribution in [-0.4, -0.2) is 61.2 Å². The van der Waals surface area contributed by atoms with Gasteiger partial charge in [-0.2, -0.15) is 5.26 Å². The van der Waals surface area contributed by atoms with Gasteiger partial charge in [0.05, 0.1) is 36.6 Å². The van der Waals surface area contributed by atoms with Crippen LogP contribution in [0.5, 0.6) is 5.75 Å². The monoisotopic (exact) mass is 541 g/mol. The Labute approximate surface area is 230 Å². The van der Waals surface area contributed by atoms with E-state index in [2.05, 4.69) is 26.6 Å². The second-order valence-electron chi connectivity index (χ2n) is 9.45. The largest absolute Gasteiger partial charge is 0.492 e. The van der Waals surface area contributed by atoms with Gasteiger partial charge in [0.2, 0.25) is 0 Å². The molecule has 204 valence electrons. The lowest BCUT2D eigenvalue weighted by Crippen LogP contribution is -2.37. The highest BCUT2D eigenvalue weighted by Gasteiger charge is 2.21. The number of hydrogen-bond donors (Lipinski definition) is 2. The first-order valence-corrected chi connectivity index (χ1v) is 13.0. The van der Waals surface area contributed by atoms with Gasteiger partial charge in [0, 0.05) is 49.4 Å². The van der Waals surface area contributed by atoms with Gasteiger partial charge in [-0.25, -0.2) is 9.18 Å². The number of anilines is 1. The SMILES string of the molecule is N#Cc1cc2c(C3=CC=C(NC(=O)Nc4ccc(F)cc4)C(=O)C3)ccnc2cc1OCCCN1CCOCC1. The molecule has 1 aliphatic heterocycles. The second-order valence-corrected chi connectivity index (χ2v) is 9.45. The molecule has 1 aliphatic carbocycles. The van der Waals surface area contributed by atoms with E-state index < -0.39 is 11.8 Å². The molecule has 1 fully saturated rings. The number of aromatic nitrogens is 1. The molecule has 0 unspecified atom stereocenters. The van der Waals surface area contributed by atoms with E-state index in [4.69, 9.17) is 9.47 Å². The summed E-state index contributed by atoms with van der Waals surface area (Å²) in [7, 11) is 0. The molecule has 10 heteroatoms. The molecular weight excluding hydrogens is 513 g/mol. The smallest absolute Gasteiger partial charge is 0.323 e. The molecular formula is C30H28FN5O4. The standard InChI is InChI=1S/C30H28FN5O4/c31-22-3-5-23(6-4-22)34-30(38)35-26-7-2-20(17-28(26)37)24-8-9-33-27-18-29(21(19-32)16-25(24)27)40-13-1-10-36-11-14-39-15-12-36/h2-9,16,18H,1,10-15,17H2,(H2,34,35,38). The van der Waals surface area contributed by atoms with E-state index >= 15 is 0 Å². The van der Waals surface area contributed by atoms with E-state index in [0.717, 1.165) is 55.8 Å². The van der Waals surface area contributed by atoms with Gasteiger partial charge in [-0.3, -0.25) is 14.7 Å². The summed E-state index contributed by atoms with van der Waals surface area (Å²) in [5.41, 5.74) is 3.11. The van der Waals surface area contributed by atoms with Crippen LogP contribution in [0.4, 0.5) is 14.9 Å². The van der Waals surface area contributed by atoms with E-state index in [9.17, 15) is 19.2 Å². The number of halogens is 1. The number of Topliss-reactive ketones (excluding diaryl/α,β-unsaturated/α-hetero) is 1. The molecule has 2 aliphatic rings. The number of nitrogens with one attached hydrogen (secondary N) is 2. The first-order chi connectivity index (χ1) is 19.5. The molecule has 1 aromatic heterocycles. The molecule has 2 heterocycles. The predicted molar refractivity (Wildman–Crippen MR) is 148 cm³/mol. The van der Waals surface area contributed by atoms with E-state index in [0.29, 0.717) is 29.1 Å². The summed E-state index contributed by atoms with van der Waals surface area (Å²) in [6.45, 7) is 4.72. The van der Waals surface area contributed by atoms with Gasteiger partial charge in [-0.1, -0.05) is 6.08 Å². The number of benzene rings is 2. The van der Waals surface area contributed by atoms with Crippen molar-refractivity contribution in [3.8, 4) is 11.8 Å². The maximum atomic E-state index is 13.1. The van der Waals surface area contributed by atoms with Crippen molar-refractivity contribution in [2.24, 2.45) is 0 Å². The summed E-state index contributed by atoms with van der Waals surface area (Å²) in [4.78, 5) is 32.0. The van der Waals surface area contributed by atoms with Crippen LogP contribution in [0, 0.1) is 17.1 Å². The second kappa shape index (κ2) is 12.5. The maximum Gasteiger partial charge on any atom is 0.323 e. The van der Waals surface area contributed by atoms with E-state index in [1.165, 1.54) is 24.3 Å². The lowest BCUT2D eigenvalue weighted by atomic mass is 9.92. The van der Waals surface area contributed by atoms with Crippen molar-refractivity contribution in [3.63, 3.8) is 0 Å². The number of carbonyl (C=O) groups is 2. The van der Waals surface area contributed by atoms with Crippen molar-refractivity contribution in [3.05, 3.63) is 83.5 Å². The molecule has 2 amide bonds. The van der Waals surface area contributed by atoms with Crippen molar-refractivity contribution < 1.29 is 23.5 Å². The number of urea groups is 1. The summed E-state index contributed by atoms with van der Waals surface area (Å²) in [6.07, 6.45) is 5.87. The van der Waals surface area contributed by atoms with Crippen LogP contribution in [0.25, 0.3) is 16.5 Å². The zero-order chi connectivity index (χ0) is 27.9. The normalized spacial score (nSPS) is 15.7. The number of ketones is 1. The van der Waals surface area contributed by atoms with Gasteiger partial charge >= 0.3 is 6.03 Å². The minimum Gasteiger partial charge on any atom is -0.492 e. The fourth-order valence-electron chi connectivity index (χ4n) is 4.67. The van der Waals surface area contributed by atoms with Crippen LogP contribution in [0.1, 0.15) is 24.0 Å². The van der Waals surface area contributed by atoms with Gasteiger partial charge in [0.15, 0.2) is 5.78 Å². The average molecular weight is 542 g/mol. The third-order valence-corrected chi connectivity index (χ3v) is 6.74. The minimum absolute atomic E-state index is 0.0590. The van der Waals surface area contributed by atoms with Crippen molar-refractivity contribution in [2.75, 3.05) is 44.8 Å². The van der Waals surface area contributed by atoms with Crippen LogP contribution in [-0.2, 0) is 9.53 Å². The molecule has 0 bridgehead atoms. The number of nitrogens with zero attached hydrogens (tertiary/aromatic N) is 3. The number of hydrogen-bond acceptors (Lipinski definition) is 7. The summed E-state index contributed by atoms with van der Waals surface area (Å²) in [5, 5.41) is 15.7. The molecule has 9 nitrogen and oxygen atoms in total. The van der Waals surface area contributed by atoms with E-state index in [-0.39, 0.29) is 17.9 Å². The third kappa shape index (κ3) is 6.51. The van der Waals surface area contributed by atoms with Crippen LogP contribution in [0.15, 0.2) is 66.5 Å². The number of fused-ring (bicyclic) bond motifs is 1. The number of nitriles is 1. The van der Waals surface area contributed by atoms with Gasteiger partial charge in [0.25, 0.3) is 0 Å². The Balaban J connectivity index is 1.28. The van der Waals surface area contributed by atoms with Crippen LogP contribution >= 0.6 is 0 Å². The van der Waals surface area contributed by atoms with Crippen molar-refractivity contribution in [1.82, 2.24) is 15.2 Å². The minimum atomic E-state index is -0.603. The number of ether oxygens (including phenoxy) is 2. The quantitative estimate of drug-likeness (QED) is 0.406. The molecule has 0 atom stereocenters. The predicted octanol–water partition coefficient (Wildman–Crippen LogP) is 4.41. The van der Waals surface area contributed by atoms with Crippen LogP contribution < -0.4 is 15.4 Å². The molecule has 2 N–H and O–H groups in total. The Kier molecular flexibility index (Phi) is 8.44. The Morgan fingerprint density at radius 3 is 2.67 bits per heavy atom. The van der Waals surface area contributed by atoms with Crippen molar-refractivity contribution in [2.45, 2.75) is 12.8 Å². The highest BCUT2D eigenvalue weighted by Crippen LogP contribution is 2.33. The molecule has 0 radical (unpaired) electrons. The van der Waals surface area contributed by atoms with Gasteiger partial charge < -0.3 is 20.1 Å². The third-order valence-electron chi connectivity index (χ3n) is 6.74. The Hall–Kier alpha value is -4.59. The highest BCUT2D eigenvalue weighted by molar-refractivity contribution is 6.09. The van der Waals surface area contributed by atoms with Gasteiger partial charge in [-0.05, 0) is 60.0 Å². The summed E-state index contributed by atoms with van der Waals surface area (Å²) >= 11 is 0. The number of rotatable bonds is 8. The van der Waals surface area contributed by atoms with Gasteiger partial charge in [0.1, 0.15) is 17.6 Å². The summed E-state index contributed by atoms with van der Waals surface area (Å²) in [6, 6.07) is 12.2. The molecule has 0 saturated carbocycles. The molecule has 3 aromatic rings. The highest BCUT2D eigenvalue weighted by atomic mass is 19.1. The molecule has 1 saturated heterocycles. The fraction of sp³-hybridized carbons (Fsp3) is 0.267. The number of allylic oxidation sites excluding steroid dienone is 4. The number of morpholine rings is 1. The van der Waals surface area contributed by atoms with Crippen molar-refractivity contribution in [1.29, 1.82) is 5.26 Å². The van der Waals surface area contributed by atoms with Gasteiger partial charge in [-0.15, -0.1) is 0 Å². The average Bonchev–Trinajstić information content (AvgIpc) is 2.97. The lowest BCUT2D eigenvalue weighted by Gasteiger charge is -2.26. The van der Waals surface area contributed by atoms with E-state index in [1.54, 1.807) is 36.5 Å². The lowest BCUT2D eigenvalue weighted by molar-refractivity contribution is -0.115. The van der Waals surface area contributed by atoms with Crippen molar-refractivity contribution >= 4 is 34.0 Å². The number of carbonyl (C=O) groups excluding carboxylic acids is 2. The Bertz CT molecular complexity index is 1520. The summed E-state index contributed by atoms with van der Waals surface area (Å²) in [5.74, 6) is -0.200. The van der Waals surface area contributed by atoms with Crippen LogP contribution in [0.2, 0.25) is 0 Å². The zero-order valence-corrected chi connectivity index (χ0v) is 21.8. The molecule has 40 heavy (non-hydrogen) atoms. The summed E-state index contributed by atoms with van der Waals surface area (Å²) < 4.78 is 24.4. The first-order valence-electron chi connectivity index (χ1n) is 13.0. The maximum absolute atomic E-state index is 13.1. The zero-order valence-electron chi connectivity index (χ0n) is 21.8. The fourth-order valence-corrected chi connectivity index (χ4v) is 4.67. The Morgan fingerprint density at radius 1 is 1.12 bits per heavy atom. The first kappa shape index (κ1) is 27.0. The number of amides is 2.